The summed E-state index contributed by atoms with van der Waals surface area (Å²) < 4.78 is 19.7. The molecule has 1 spiro atoms. The largest absolute Gasteiger partial charge is 0.481 e. The lowest BCUT2D eigenvalue weighted by atomic mass is 9.78. The van der Waals surface area contributed by atoms with Gasteiger partial charge in [0.1, 0.15) is 11.7 Å². The third kappa shape index (κ3) is 14.5. The second-order valence-corrected chi connectivity index (χ2v) is 13.5. The molecule has 11 heteroatoms. The highest BCUT2D eigenvalue weighted by Crippen LogP contribution is 2.48. The van der Waals surface area contributed by atoms with Crippen molar-refractivity contribution in [3.63, 3.8) is 0 Å². The molecular weight excluding hydrogens is 632 g/mol. The summed E-state index contributed by atoms with van der Waals surface area (Å²) in [7, 11) is 0. The minimum Gasteiger partial charge on any atom is -0.481 e. The van der Waals surface area contributed by atoms with Crippen LogP contribution < -0.4 is 0 Å². The van der Waals surface area contributed by atoms with Crippen molar-refractivity contribution in [2.75, 3.05) is 0 Å². The molecule has 0 aromatic heterocycles. The Hall–Kier alpha value is -3.54. The van der Waals surface area contributed by atoms with Crippen molar-refractivity contribution in [3.05, 3.63) is 59.8 Å². The second kappa shape index (κ2) is 20.2. The summed E-state index contributed by atoms with van der Waals surface area (Å²) in [6.45, 7) is 9.54. The average Bonchev–Trinajstić information content (AvgIpc) is 3.04. The van der Waals surface area contributed by atoms with E-state index in [0.29, 0.717) is 37.7 Å². The molecule has 4 N–H and O–H groups in total. The molecule has 2 rings (SSSR count). The lowest BCUT2D eigenvalue weighted by Gasteiger charge is -2.53. The van der Waals surface area contributed by atoms with E-state index in [1.54, 1.807) is 38.2 Å². The van der Waals surface area contributed by atoms with Gasteiger partial charge in [-0.25, -0.2) is 9.59 Å². The highest BCUT2D eigenvalue weighted by atomic mass is 16.7. The van der Waals surface area contributed by atoms with Gasteiger partial charge in [-0.1, -0.05) is 82.1 Å². The van der Waals surface area contributed by atoms with Crippen LogP contribution in [0.25, 0.3) is 0 Å². The van der Waals surface area contributed by atoms with Crippen molar-refractivity contribution < 1.29 is 53.8 Å². The number of carboxylic acids is 3. The Morgan fingerprint density at radius 1 is 0.898 bits per heavy atom. The molecule has 0 aromatic carbocycles. The van der Waals surface area contributed by atoms with E-state index >= 15 is 0 Å². The van der Waals surface area contributed by atoms with Crippen LogP contribution in [0, 0.1) is 11.8 Å². The number of carbonyl (C=O) groups excluding carboxylic acids is 1. The smallest absolute Gasteiger partial charge is 0.328 e. The van der Waals surface area contributed by atoms with E-state index in [0.717, 1.165) is 49.8 Å². The lowest BCUT2D eigenvalue weighted by Crippen LogP contribution is -2.59. The monoisotopic (exact) mass is 688 g/mol. The highest BCUT2D eigenvalue weighted by Gasteiger charge is 2.54. The van der Waals surface area contributed by atoms with E-state index in [2.05, 4.69) is 13.8 Å². The first-order chi connectivity index (χ1) is 23.1. The Kier molecular flexibility index (Phi) is 17.2. The quantitative estimate of drug-likeness (QED) is 0.0480. The molecule has 7 atom stereocenters. The predicted octanol–water partition coefficient (Wildman–Crippen LogP) is 6.91. The van der Waals surface area contributed by atoms with Gasteiger partial charge in [0.15, 0.2) is 5.79 Å². The molecule has 2 fully saturated rings. The predicted molar refractivity (Wildman–Crippen MR) is 185 cm³/mol. The first-order valence-corrected chi connectivity index (χ1v) is 17.4. The number of rotatable bonds is 19. The number of aliphatic hydroxyl groups excluding tert-OH is 1. The fourth-order valence-corrected chi connectivity index (χ4v) is 6.18. The van der Waals surface area contributed by atoms with Gasteiger partial charge in [0.05, 0.1) is 25.0 Å². The first kappa shape index (κ1) is 41.6. The molecule has 0 saturated carbocycles. The van der Waals surface area contributed by atoms with Crippen molar-refractivity contribution >= 4 is 23.9 Å². The van der Waals surface area contributed by atoms with E-state index in [-0.39, 0.29) is 30.8 Å². The second-order valence-electron chi connectivity index (χ2n) is 13.5. The number of aliphatic hydroxyl groups is 1. The maximum atomic E-state index is 13.0. The van der Waals surface area contributed by atoms with Gasteiger partial charge in [0.2, 0.25) is 0 Å². The van der Waals surface area contributed by atoms with Gasteiger partial charge >= 0.3 is 23.9 Å². The molecule has 0 aromatic rings. The number of esters is 1. The van der Waals surface area contributed by atoms with Crippen molar-refractivity contribution in [2.45, 2.75) is 141 Å². The Morgan fingerprint density at radius 2 is 1.63 bits per heavy atom. The summed E-state index contributed by atoms with van der Waals surface area (Å²) in [6, 6.07) is 0. The molecule has 0 bridgehead atoms. The molecule has 49 heavy (non-hydrogen) atoms. The van der Waals surface area contributed by atoms with Gasteiger partial charge in [-0.3, -0.25) is 9.59 Å². The van der Waals surface area contributed by atoms with Crippen molar-refractivity contribution in [3.8, 4) is 0 Å². The fraction of sp³-hybridized carbons (Fsp3) is 0.632. The van der Waals surface area contributed by atoms with Crippen LogP contribution in [0.4, 0.5) is 0 Å². The zero-order chi connectivity index (χ0) is 36.6. The lowest BCUT2D eigenvalue weighted by molar-refractivity contribution is -0.344. The fourth-order valence-electron chi connectivity index (χ4n) is 6.18. The summed E-state index contributed by atoms with van der Waals surface area (Å²) >= 11 is 0. The van der Waals surface area contributed by atoms with Crippen molar-refractivity contribution in [1.82, 2.24) is 0 Å². The molecule has 0 amide bonds. The molecule has 2 aliphatic rings. The van der Waals surface area contributed by atoms with Crippen LogP contribution in [0.5, 0.6) is 0 Å². The molecule has 0 radical (unpaired) electrons. The maximum Gasteiger partial charge on any atom is 0.328 e. The molecule has 0 unspecified atom stereocenters. The van der Waals surface area contributed by atoms with Crippen LogP contribution in [0.2, 0.25) is 0 Å². The van der Waals surface area contributed by atoms with Crippen LogP contribution in [0.1, 0.15) is 112 Å². The van der Waals surface area contributed by atoms with Crippen molar-refractivity contribution in [2.24, 2.45) is 11.8 Å². The number of hydrogen-bond donors (Lipinski definition) is 4. The number of hydrogen-bond acceptors (Lipinski definition) is 8. The molecule has 11 nitrogen and oxygen atoms in total. The van der Waals surface area contributed by atoms with E-state index in [1.165, 1.54) is 6.08 Å². The minimum atomic E-state index is -1.09. The van der Waals surface area contributed by atoms with Crippen LogP contribution in [0.15, 0.2) is 59.8 Å². The normalized spacial score (nSPS) is 27.9. The van der Waals surface area contributed by atoms with E-state index in [4.69, 9.17) is 24.4 Å². The number of carbonyl (C=O) groups is 4. The van der Waals surface area contributed by atoms with Gasteiger partial charge < -0.3 is 34.6 Å². The van der Waals surface area contributed by atoms with E-state index in [9.17, 15) is 29.4 Å². The summed E-state index contributed by atoms with van der Waals surface area (Å²) in [4.78, 5) is 46.3. The standard InChI is InChI=1S/C38H56O11/c1-6-7-8-9-21-37(49-36(46)19-18-34(42)43)23-24-38(48-32(37)16-12-27(3)25-35(44)45)22-20-29(5)31(47-38)15-11-26(2)10-14-30(39)28(4)13-17-33(40)41/h10-14,16-17,25,28-32,39H,6-9,15,18-24H2,1-5H3,(H,40,41)(H,42,43)(H,44,45)/b14-10+,16-12+,17-13+,26-11+,27-25+/t28-,29-,30-,31+,32-,37+,38-/m0/s1. The number of aliphatic carboxylic acids is 3. The molecular formula is C38H56O11. The van der Waals surface area contributed by atoms with Crippen LogP contribution in [-0.4, -0.2) is 74.0 Å². The minimum absolute atomic E-state index is 0.187. The van der Waals surface area contributed by atoms with Crippen LogP contribution in [-0.2, 0) is 33.4 Å². The average molecular weight is 689 g/mol. The van der Waals surface area contributed by atoms with Gasteiger partial charge in [0, 0.05) is 30.9 Å². The van der Waals surface area contributed by atoms with Gasteiger partial charge in [-0.05, 0) is 57.4 Å². The van der Waals surface area contributed by atoms with Crippen molar-refractivity contribution in [1.29, 1.82) is 0 Å². The van der Waals surface area contributed by atoms with Gasteiger partial charge in [0.25, 0.3) is 0 Å². The Bertz CT molecular complexity index is 1280. The first-order valence-electron chi connectivity index (χ1n) is 17.4. The van der Waals surface area contributed by atoms with E-state index < -0.39 is 47.5 Å². The Balaban J connectivity index is 2.34. The number of unbranched alkanes of at least 4 members (excludes halogenated alkanes) is 3. The SMILES string of the molecule is CCCCCC[C@@]1(OC(=O)CCC(=O)O)CC[C@]2(CC[C@H](C)[C@@H](C/C=C(C)/C=C/[C@H](O)[C@@H](C)/C=C/C(=O)O)O2)O[C@H]1/C=C/C(C)=C/C(=O)O. The Labute approximate surface area is 290 Å². The molecule has 2 saturated heterocycles. The highest BCUT2D eigenvalue weighted by molar-refractivity contribution is 5.81. The molecule has 0 aliphatic carbocycles. The van der Waals surface area contributed by atoms with Gasteiger partial charge in [-0.2, -0.15) is 0 Å². The number of carboxylic acid groups (broad SMARTS) is 3. The molecule has 2 heterocycles. The van der Waals surface area contributed by atoms with E-state index in [1.807, 2.05) is 13.0 Å². The zero-order valence-corrected chi connectivity index (χ0v) is 29.6. The van der Waals surface area contributed by atoms with Crippen LogP contribution >= 0.6 is 0 Å². The third-order valence-corrected chi connectivity index (χ3v) is 9.28. The summed E-state index contributed by atoms with van der Waals surface area (Å²) in [6.07, 6.45) is 17.2. The zero-order valence-electron chi connectivity index (χ0n) is 29.6. The number of ether oxygens (including phenoxy) is 3. The maximum absolute atomic E-state index is 13.0. The number of allylic oxidation sites excluding steroid dienone is 4. The van der Waals surface area contributed by atoms with Crippen LogP contribution in [0.3, 0.4) is 0 Å². The molecule has 2 aliphatic heterocycles. The summed E-state index contributed by atoms with van der Waals surface area (Å²) in [5, 5.41) is 37.6. The summed E-state index contributed by atoms with van der Waals surface area (Å²) in [5.74, 6) is -4.97. The molecule has 274 valence electrons. The Morgan fingerprint density at radius 3 is 2.29 bits per heavy atom. The topological polar surface area (TPSA) is 177 Å². The van der Waals surface area contributed by atoms with Gasteiger partial charge in [-0.15, -0.1) is 0 Å². The summed E-state index contributed by atoms with van der Waals surface area (Å²) in [5.41, 5.74) is 0.319. The third-order valence-electron chi connectivity index (χ3n) is 9.28.